The number of aromatic amines is 1. The lowest BCUT2D eigenvalue weighted by molar-refractivity contribution is -0.134. The molecule has 1 aromatic carbocycles. The van der Waals surface area contributed by atoms with E-state index < -0.39 is 11.4 Å². The molecule has 0 saturated carbocycles. The molecule has 2 saturated heterocycles. The van der Waals surface area contributed by atoms with Gasteiger partial charge in [0.15, 0.2) is 0 Å². The largest absolute Gasteiger partial charge is 0.352 e. The molecule has 2 aliphatic heterocycles. The molecule has 4 heterocycles. The van der Waals surface area contributed by atoms with Crippen LogP contribution in [0.5, 0.6) is 0 Å². The molecule has 32 heavy (non-hydrogen) atoms. The fourth-order valence-electron chi connectivity index (χ4n) is 5.09. The van der Waals surface area contributed by atoms with Crippen molar-refractivity contribution in [3.8, 4) is 0 Å². The highest BCUT2D eigenvalue weighted by atomic mass is 19.1. The van der Waals surface area contributed by atoms with Crippen LogP contribution in [-0.2, 0) is 11.2 Å². The molecule has 2 aliphatic rings. The van der Waals surface area contributed by atoms with E-state index in [1.807, 2.05) is 11.8 Å². The van der Waals surface area contributed by atoms with Gasteiger partial charge < -0.3 is 14.8 Å². The van der Waals surface area contributed by atoms with Gasteiger partial charge in [0.05, 0.1) is 11.6 Å². The van der Waals surface area contributed by atoms with Crippen LogP contribution >= 0.6 is 0 Å². The van der Waals surface area contributed by atoms with Gasteiger partial charge >= 0.3 is 0 Å². The number of piperazine rings is 1. The van der Waals surface area contributed by atoms with Crippen molar-refractivity contribution < 1.29 is 13.6 Å². The van der Waals surface area contributed by atoms with E-state index >= 15 is 0 Å². The molecular weight excluding hydrogens is 414 g/mol. The Morgan fingerprint density at radius 2 is 1.91 bits per heavy atom. The van der Waals surface area contributed by atoms with Crippen LogP contribution in [-0.4, -0.2) is 45.9 Å². The summed E-state index contributed by atoms with van der Waals surface area (Å²) in [4.78, 5) is 36.5. The van der Waals surface area contributed by atoms with Gasteiger partial charge in [0, 0.05) is 37.3 Å². The number of amides is 1. The topological polar surface area (TPSA) is 69.3 Å². The fourth-order valence-corrected chi connectivity index (χ4v) is 5.09. The third-order valence-corrected chi connectivity index (χ3v) is 6.65. The molecule has 2 unspecified atom stereocenters. The summed E-state index contributed by atoms with van der Waals surface area (Å²) in [5.74, 6) is -0.123. The molecule has 3 aromatic rings. The second kappa shape index (κ2) is 8.00. The zero-order valence-corrected chi connectivity index (χ0v) is 17.8. The first-order chi connectivity index (χ1) is 15.4. The van der Waals surface area contributed by atoms with E-state index in [1.54, 1.807) is 18.2 Å². The van der Waals surface area contributed by atoms with Crippen molar-refractivity contribution in [3.63, 3.8) is 0 Å². The number of carbonyl (C=O) groups is 1. The Morgan fingerprint density at radius 1 is 1.16 bits per heavy atom. The van der Waals surface area contributed by atoms with Gasteiger partial charge in [-0.3, -0.25) is 9.59 Å². The van der Waals surface area contributed by atoms with Crippen LogP contribution in [0.1, 0.15) is 30.5 Å². The van der Waals surface area contributed by atoms with Crippen LogP contribution in [0.4, 0.5) is 14.6 Å². The molecule has 2 aromatic heterocycles. The summed E-state index contributed by atoms with van der Waals surface area (Å²) in [6.07, 6.45) is 3.74. The quantitative estimate of drug-likeness (QED) is 0.679. The van der Waals surface area contributed by atoms with Gasteiger partial charge in [-0.1, -0.05) is 6.07 Å². The number of carbonyl (C=O) groups excluding carboxylic acids is 1. The average Bonchev–Trinajstić information content (AvgIpc) is 3.04. The third kappa shape index (κ3) is 3.63. The monoisotopic (exact) mass is 438 g/mol. The molecule has 0 spiro atoms. The van der Waals surface area contributed by atoms with Crippen LogP contribution in [0.25, 0.3) is 10.8 Å². The molecule has 0 aliphatic carbocycles. The Balaban J connectivity index is 1.29. The molecule has 8 heteroatoms. The standard InChI is InChI=1S/C24H24F2N4O2/c1-14-2-7-20(26)23-19(14)10-16(28-24(23)32)4-9-22(31)30-17-5-6-18(30)13-29(12-17)21-8-3-15(25)11-27-21/h2-3,7-8,10-11,17-18H,4-6,9,12-13H2,1H3,(H,28,32). The molecule has 1 N–H and O–H groups in total. The SMILES string of the molecule is Cc1ccc(F)c2c(=O)[nH]c(CCC(=O)N3C4CCC3CN(c3ccc(F)cn3)C4)cc12. The fraction of sp³-hybridized carbons (Fsp3) is 0.375. The molecule has 2 atom stereocenters. The number of hydrogen-bond acceptors (Lipinski definition) is 4. The number of hydrogen-bond donors (Lipinski definition) is 1. The van der Waals surface area contributed by atoms with E-state index in [0.717, 1.165) is 24.2 Å². The van der Waals surface area contributed by atoms with Crippen LogP contribution in [0.2, 0.25) is 0 Å². The highest BCUT2D eigenvalue weighted by molar-refractivity contribution is 5.85. The lowest BCUT2D eigenvalue weighted by Gasteiger charge is -2.41. The molecule has 5 rings (SSSR count). The number of rotatable bonds is 4. The normalized spacial score (nSPS) is 20.2. The first-order valence-electron chi connectivity index (χ1n) is 10.9. The summed E-state index contributed by atoms with van der Waals surface area (Å²) < 4.78 is 27.3. The highest BCUT2D eigenvalue weighted by Gasteiger charge is 2.42. The third-order valence-electron chi connectivity index (χ3n) is 6.65. The molecule has 6 nitrogen and oxygen atoms in total. The van der Waals surface area contributed by atoms with E-state index in [4.69, 9.17) is 0 Å². The molecule has 0 radical (unpaired) electrons. The minimum Gasteiger partial charge on any atom is -0.352 e. The number of aromatic nitrogens is 2. The average molecular weight is 438 g/mol. The first-order valence-corrected chi connectivity index (χ1v) is 10.9. The first kappa shape index (κ1) is 20.6. The maximum atomic E-state index is 14.1. The number of nitrogens with one attached hydrogen (secondary N) is 1. The van der Waals surface area contributed by atoms with Gasteiger partial charge in [0.1, 0.15) is 17.5 Å². The Labute approximate surface area is 183 Å². The zero-order chi connectivity index (χ0) is 22.4. The van der Waals surface area contributed by atoms with Crippen molar-refractivity contribution in [2.24, 2.45) is 0 Å². The Bertz CT molecular complexity index is 1230. The van der Waals surface area contributed by atoms with Crippen molar-refractivity contribution >= 4 is 22.5 Å². The number of halogens is 2. The van der Waals surface area contributed by atoms with Gasteiger partial charge in [0.2, 0.25) is 5.91 Å². The number of H-pyrrole nitrogens is 1. The summed E-state index contributed by atoms with van der Waals surface area (Å²) in [7, 11) is 0. The number of pyridine rings is 2. The Kier molecular flexibility index (Phi) is 5.15. The number of nitrogens with zero attached hydrogens (tertiary/aromatic N) is 3. The van der Waals surface area contributed by atoms with E-state index in [2.05, 4.69) is 14.9 Å². The van der Waals surface area contributed by atoms with Gasteiger partial charge in [-0.2, -0.15) is 0 Å². The summed E-state index contributed by atoms with van der Waals surface area (Å²) >= 11 is 0. The summed E-state index contributed by atoms with van der Waals surface area (Å²) in [5, 5.41) is 0.639. The van der Waals surface area contributed by atoms with Crippen LogP contribution in [0.15, 0.2) is 41.3 Å². The minimum absolute atomic E-state index is 0.0566. The number of aryl methyl sites for hydroxylation is 2. The van der Waals surface area contributed by atoms with E-state index in [9.17, 15) is 18.4 Å². The molecule has 2 bridgehead atoms. The van der Waals surface area contributed by atoms with E-state index in [1.165, 1.54) is 18.3 Å². The lowest BCUT2D eigenvalue weighted by Crippen LogP contribution is -2.56. The zero-order valence-electron chi connectivity index (χ0n) is 17.8. The predicted molar refractivity (Wildman–Crippen MR) is 118 cm³/mol. The summed E-state index contributed by atoms with van der Waals surface area (Å²) in [6.45, 7) is 3.18. The van der Waals surface area contributed by atoms with Crippen molar-refractivity contribution in [3.05, 3.63) is 69.8 Å². The second-order valence-electron chi connectivity index (χ2n) is 8.70. The van der Waals surface area contributed by atoms with Crippen molar-refractivity contribution in [1.82, 2.24) is 14.9 Å². The molecule has 2 fully saturated rings. The van der Waals surface area contributed by atoms with E-state index in [0.29, 0.717) is 30.6 Å². The lowest BCUT2D eigenvalue weighted by atomic mass is 10.0. The maximum Gasteiger partial charge on any atom is 0.259 e. The number of benzene rings is 1. The maximum absolute atomic E-state index is 14.1. The van der Waals surface area contributed by atoms with Crippen molar-refractivity contribution in [1.29, 1.82) is 0 Å². The molecule has 1 amide bonds. The van der Waals surface area contributed by atoms with Crippen LogP contribution in [0, 0.1) is 18.6 Å². The van der Waals surface area contributed by atoms with Gasteiger partial charge in [-0.15, -0.1) is 0 Å². The van der Waals surface area contributed by atoms with Gasteiger partial charge in [0.25, 0.3) is 5.56 Å². The number of anilines is 1. The minimum atomic E-state index is -0.542. The highest BCUT2D eigenvalue weighted by Crippen LogP contribution is 2.33. The smallest absolute Gasteiger partial charge is 0.259 e. The summed E-state index contributed by atoms with van der Waals surface area (Å²) in [6, 6.07) is 7.99. The van der Waals surface area contributed by atoms with Gasteiger partial charge in [-0.25, -0.2) is 13.8 Å². The molecular formula is C24H24F2N4O2. The Morgan fingerprint density at radius 3 is 2.59 bits per heavy atom. The van der Waals surface area contributed by atoms with Crippen molar-refractivity contribution in [2.75, 3.05) is 18.0 Å². The van der Waals surface area contributed by atoms with Crippen LogP contribution in [0.3, 0.4) is 0 Å². The molecule has 166 valence electrons. The van der Waals surface area contributed by atoms with Gasteiger partial charge in [-0.05, 0) is 61.4 Å². The number of fused-ring (bicyclic) bond motifs is 3. The Hall–Kier alpha value is -3.29. The van der Waals surface area contributed by atoms with E-state index in [-0.39, 0.29) is 35.6 Å². The predicted octanol–water partition coefficient (Wildman–Crippen LogP) is 3.32. The second-order valence-corrected chi connectivity index (χ2v) is 8.70. The summed E-state index contributed by atoms with van der Waals surface area (Å²) in [5.41, 5.74) is 0.987. The van der Waals surface area contributed by atoms with Crippen LogP contribution < -0.4 is 10.5 Å². The van der Waals surface area contributed by atoms with Crippen molar-refractivity contribution in [2.45, 2.75) is 44.7 Å².